The van der Waals surface area contributed by atoms with Crippen LogP contribution in [0, 0.1) is 0 Å². The summed E-state index contributed by atoms with van der Waals surface area (Å²) >= 11 is 3.46. The van der Waals surface area contributed by atoms with Gasteiger partial charge < -0.3 is 0 Å². The molecule has 0 aliphatic heterocycles. The molecule has 3 rings (SSSR count). The van der Waals surface area contributed by atoms with Gasteiger partial charge in [0, 0.05) is 22.3 Å². The Labute approximate surface area is 119 Å². The molecule has 0 spiro atoms. The van der Waals surface area contributed by atoms with E-state index in [4.69, 9.17) is 0 Å². The molecule has 3 aromatic rings. The highest BCUT2D eigenvalue weighted by molar-refractivity contribution is 9.10. The van der Waals surface area contributed by atoms with Crippen molar-refractivity contribution in [1.82, 2.24) is 9.78 Å². The Hall–Kier alpha value is -1.94. The average molecular weight is 315 g/mol. The molecule has 0 aliphatic carbocycles. The number of hydrogen-bond donors (Lipinski definition) is 0. The standard InChI is InChI=1S/C15H11BrN2O/c1-10(19)18-14-8-7-12(16)9-13(14)15(17-18)11-5-3-2-4-6-11/h2-9H,1H3. The van der Waals surface area contributed by atoms with Crippen molar-refractivity contribution in [2.45, 2.75) is 6.92 Å². The van der Waals surface area contributed by atoms with Gasteiger partial charge in [0.2, 0.25) is 5.91 Å². The fourth-order valence-electron chi connectivity index (χ4n) is 2.14. The second-order valence-electron chi connectivity index (χ2n) is 4.31. The topological polar surface area (TPSA) is 34.9 Å². The summed E-state index contributed by atoms with van der Waals surface area (Å²) in [5.74, 6) is -0.0884. The van der Waals surface area contributed by atoms with Crippen molar-refractivity contribution in [2.75, 3.05) is 0 Å². The van der Waals surface area contributed by atoms with Crippen molar-refractivity contribution in [1.29, 1.82) is 0 Å². The van der Waals surface area contributed by atoms with Crippen LogP contribution in [0.5, 0.6) is 0 Å². The first-order chi connectivity index (χ1) is 9.16. The maximum atomic E-state index is 11.7. The van der Waals surface area contributed by atoms with Crippen LogP contribution >= 0.6 is 15.9 Å². The number of nitrogens with zero attached hydrogens (tertiary/aromatic N) is 2. The maximum Gasteiger partial charge on any atom is 0.244 e. The minimum atomic E-state index is -0.0884. The molecule has 0 saturated carbocycles. The molecular weight excluding hydrogens is 304 g/mol. The Kier molecular flexibility index (Phi) is 2.95. The molecule has 0 aliphatic rings. The van der Waals surface area contributed by atoms with Gasteiger partial charge >= 0.3 is 0 Å². The lowest BCUT2D eigenvalue weighted by Gasteiger charge is -1.97. The second-order valence-corrected chi connectivity index (χ2v) is 5.22. The summed E-state index contributed by atoms with van der Waals surface area (Å²) in [7, 11) is 0. The van der Waals surface area contributed by atoms with Gasteiger partial charge in [0.25, 0.3) is 0 Å². The van der Waals surface area contributed by atoms with Crippen LogP contribution in [-0.2, 0) is 0 Å². The first-order valence-corrected chi connectivity index (χ1v) is 6.71. The number of hydrogen-bond acceptors (Lipinski definition) is 2. The summed E-state index contributed by atoms with van der Waals surface area (Å²) in [6.07, 6.45) is 0. The molecule has 2 aromatic carbocycles. The number of fused-ring (bicyclic) bond motifs is 1. The number of benzene rings is 2. The van der Waals surface area contributed by atoms with Crippen LogP contribution in [0.1, 0.15) is 11.7 Å². The van der Waals surface area contributed by atoms with Crippen molar-refractivity contribution in [3.63, 3.8) is 0 Å². The zero-order chi connectivity index (χ0) is 13.4. The van der Waals surface area contributed by atoms with E-state index in [9.17, 15) is 4.79 Å². The average Bonchev–Trinajstić information content (AvgIpc) is 2.78. The smallest absolute Gasteiger partial charge is 0.244 e. The van der Waals surface area contributed by atoms with Gasteiger partial charge in [0.05, 0.1) is 5.52 Å². The van der Waals surface area contributed by atoms with E-state index in [1.807, 2.05) is 48.5 Å². The van der Waals surface area contributed by atoms with E-state index < -0.39 is 0 Å². The number of carbonyl (C=O) groups is 1. The fourth-order valence-corrected chi connectivity index (χ4v) is 2.50. The fraction of sp³-hybridized carbons (Fsp3) is 0.0667. The third-order valence-corrected chi connectivity index (χ3v) is 3.48. The molecule has 0 N–H and O–H groups in total. The molecule has 0 atom stereocenters. The summed E-state index contributed by atoms with van der Waals surface area (Å²) in [5.41, 5.74) is 2.66. The van der Waals surface area contributed by atoms with Gasteiger partial charge in [0.15, 0.2) is 0 Å². The lowest BCUT2D eigenvalue weighted by atomic mass is 10.1. The number of rotatable bonds is 1. The highest BCUT2D eigenvalue weighted by Gasteiger charge is 2.14. The van der Waals surface area contributed by atoms with Gasteiger partial charge in [-0.15, -0.1) is 0 Å². The Bertz CT molecular complexity index is 762. The van der Waals surface area contributed by atoms with Crippen molar-refractivity contribution in [3.05, 3.63) is 53.0 Å². The van der Waals surface area contributed by atoms with E-state index >= 15 is 0 Å². The molecule has 0 saturated heterocycles. The van der Waals surface area contributed by atoms with Gasteiger partial charge in [-0.1, -0.05) is 46.3 Å². The molecule has 0 radical (unpaired) electrons. The van der Waals surface area contributed by atoms with Crippen LogP contribution in [0.3, 0.4) is 0 Å². The first-order valence-electron chi connectivity index (χ1n) is 5.91. The van der Waals surface area contributed by atoms with Crippen molar-refractivity contribution >= 4 is 32.7 Å². The normalized spacial score (nSPS) is 10.8. The first kappa shape index (κ1) is 12.1. The predicted molar refractivity (Wildman–Crippen MR) is 79.2 cm³/mol. The zero-order valence-electron chi connectivity index (χ0n) is 10.3. The van der Waals surface area contributed by atoms with Crippen LogP contribution in [0.25, 0.3) is 22.2 Å². The third kappa shape index (κ3) is 2.08. The molecule has 0 fully saturated rings. The second kappa shape index (κ2) is 4.63. The molecule has 19 heavy (non-hydrogen) atoms. The minimum absolute atomic E-state index is 0.0884. The summed E-state index contributed by atoms with van der Waals surface area (Å²) < 4.78 is 2.42. The molecule has 1 heterocycles. The van der Waals surface area contributed by atoms with Gasteiger partial charge in [-0.3, -0.25) is 4.79 Å². The van der Waals surface area contributed by atoms with Crippen LogP contribution in [0.4, 0.5) is 0 Å². The molecule has 3 nitrogen and oxygen atoms in total. The van der Waals surface area contributed by atoms with E-state index in [2.05, 4.69) is 21.0 Å². The minimum Gasteiger partial charge on any atom is -0.273 e. The molecule has 94 valence electrons. The Morgan fingerprint density at radius 2 is 1.89 bits per heavy atom. The van der Waals surface area contributed by atoms with Crippen LogP contribution in [-0.4, -0.2) is 15.7 Å². The maximum absolute atomic E-state index is 11.7. The number of carbonyl (C=O) groups excluding carboxylic acids is 1. The summed E-state index contributed by atoms with van der Waals surface area (Å²) in [4.78, 5) is 11.7. The van der Waals surface area contributed by atoms with Gasteiger partial charge in [0.1, 0.15) is 5.69 Å². The molecule has 1 aromatic heterocycles. The molecule has 0 unspecified atom stereocenters. The molecular formula is C15H11BrN2O. The summed E-state index contributed by atoms with van der Waals surface area (Å²) in [6, 6.07) is 15.7. The van der Waals surface area contributed by atoms with E-state index in [0.29, 0.717) is 0 Å². The third-order valence-electron chi connectivity index (χ3n) is 2.99. The van der Waals surface area contributed by atoms with Crippen LogP contribution in [0.2, 0.25) is 0 Å². The number of aromatic nitrogens is 2. The van der Waals surface area contributed by atoms with E-state index in [0.717, 1.165) is 26.6 Å². The Morgan fingerprint density at radius 3 is 2.58 bits per heavy atom. The van der Waals surface area contributed by atoms with Gasteiger partial charge in [-0.05, 0) is 18.2 Å². The number of halogens is 1. The van der Waals surface area contributed by atoms with Gasteiger partial charge in [-0.2, -0.15) is 9.78 Å². The van der Waals surface area contributed by atoms with Crippen LogP contribution in [0.15, 0.2) is 53.0 Å². The van der Waals surface area contributed by atoms with Crippen molar-refractivity contribution in [2.24, 2.45) is 0 Å². The highest BCUT2D eigenvalue weighted by Crippen LogP contribution is 2.30. The van der Waals surface area contributed by atoms with E-state index in [1.54, 1.807) is 0 Å². The molecule has 0 amide bonds. The SMILES string of the molecule is CC(=O)n1nc(-c2ccccc2)c2cc(Br)ccc21. The lowest BCUT2D eigenvalue weighted by molar-refractivity contribution is 0.0927. The van der Waals surface area contributed by atoms with E-state index in [1.165, 1.54) is 11.6 Å². The monoisotopic (exact) mass is 314 g/mol. The summed E-state index contributed by atoms with van der Waals surface area (Å²) in [5, 5.41) is 5.41. The van der Waals surface area contributed by atoms with E-state index in [-0.39, 0.29) is 5.91 Å². The van der Waals surface area contributed by atoms with Crippen molar-refractivity contribution in [3.8, 4) is 11.3 Å². The van der Waals surface area contributed by atoms with Gasteiger partial charge in [-0.25, -0.2) is 0 Å². The summed E-state index contributed by atoms with van der Waals surface area (Å²) in [6.45, 7) is 1.52. The molecule has 4 heteroatoms. The Morgan fingerprint density at radius 1 is 1.16 bits per heavy atom. The predicted octanol–water partition coefficient (Wildman–Crippen LogP) is 4.13. The van der Waals surface area contributed by atoms with Crippen molar-refractivity contribution < 1.29 is 4.79 Å². The Balaban J connectivity index is 2.36. The quantitative estimate of drug-likeness (QED) is 0.677. The molecule has 0 bridgehead atoms. The van der Waals surface area contributed by atoms with Crippen LogP contribution < -0.4 is 0 Å². The zero-order valence-corrected chi connectivity index (χ0v) is 11.9. The largest absolute Gasteiger partial charge is 0.273 e. The highest BCUT2D eigenvalue weighted by atomic mass is 79.9. The lowest BCUT2D eigenvalue weighted by Crippen LogP contribution is -2.06.